The average molecular weight is 308 g/mol. The zero-order valence-electron chi connectivity index (χ0n) is 13.3. The molecule has 0 radical (unpaired) electrons. The van der Waals surface area contributed by atoms with Gasteiger partial charge in [-0.05, 0) is 39.3 Å². The molecule has 6 nitrogen and oxygen atoms in total. The molecule has 22 heavy (non-hydrogen) atoms. The summed E-state index contributed by atoms with van der Waals surface area (Å²) in [6, 6.07) is 6.73. The number of hydrogen-bond donors (Lipinski definition) is 3. The van der Waals surface area contributed by atoms with Gasteiger partial charge in [0.05, 0.1) is 24.8 Å². The zero-order valence-corrected chi connectivity index (χ0v) is 13.3. The maximum atomic E-state index is 12.1. The number of ether oxygens (including phenoxy) is 1. The number of rotatable bonds is 8. The lowest BCUT2D eigenvalue weighted by atomic mass is 10.1. The minimum Gasteiger partial charge on any atom is -0.493 e. The molecule has 0 bridgehead atoms. The molecule has 3 N–H and O–H groups in total. The first-order valence-electron chi connectivity index (χ1n) is 7.41. The highest BCUT2D eigenvalue weighted by Crippen LogP contribution is 2.17. The van der Waals surface area contributed by atoms with Crippen LogP contribution in [0.15, 0.2) is 24.3 Å². The second kappa shape index (κ2) is 9.04. The van der Waals surface area contributed by atoms with Crippen molar-refractivity contribution in [3.05, 3.63) is 29.8 Å². The second-order valence-electron chi connectivity index (χ2n) is 5.17. The van der Waals surface area contributed by atoms with E-state index in [9.17, 15) is 14.7 Å². The highest BCUT2D eigenvalue weighted by atomic mass is 16.5. The maximum Gasteiger partial charge on any atom is 0.255 e. The van der Waals surface area contributed by atoms with Crippen LogP contribution >= 0.6 is 0 Å². The lowest BCUT2D eigenvalue weighted by Gasteiger charge is -2.16. The first-order chi connectivity index (χ1) is 10.4. The minimum absolute atomic E-state index is 0.122. The summed E-state index contributed by atoms with van der Waals surface area (Å²) in [6.45, 7) is 5.64. The van der Waals surface area contributed by atoms with Crippen molar-refractivity contribution in [2.24, 2.45) is 0 Å². The zero-order chi connectivity index (χ0) is 16.5. The van der Waals surface area contributed by atoms with E-state index in [-0.39, 0.29) is 24.4 Å². The van der Waals surface area contributed by atoms with Gasteiger partial charge in [0.1, 0.15) is 5.75 Å². The van der Waals surface area contributed by atoms with Gasteiger partial charge >= 0.3 is 0 Å². The third-order valence-corrected chi connectivity index (χ3v) is 2.94. The van der Waals surface area contributed by atoms with Crippen LogP contribution in [0.5, 0.6) is 5.75 Å². The Hall–Kier alpha value is -2.08. The molecule has 2 atom stereocenters. The van der Waals surface area contributed by atoms with Gasteiger partial charge in [-0.3, -0.25) is 9.59 Å². The number of benzene rings is 1. The Labute approximate surface area is 130 Å². The van der Waals surface area contributed by atoms with Crippen molar-refractivity contribution < 1.29 is 19.4 Å². The summed E-state index contributed by atoms with van der Waals surface area (Å²) < 4.78 is 5.38. The van der Waals surface area contributed by atoms with Gasteiger partial charge in [-0.15, -0.1) is 0 Å². The maximum absolute atomic E-state index is 12.1. The third kappa shape index (κ3) is 6.13. The van der Waals surface area contributed by atoms with Gasteiger partial charge < -0.3 is 20.5 Å². The highest BCUT2D eigenvalue weighted by molar-refractivity contribution is 5.98. The topological polar surface area (TPSA) is 87.7 Å². The molecule has 6 heteroatoms. The van der Waals surface area contributed by atoms with Crippen LogP contribution in [0.25, 0.3) is 0 Å². The average Bonchev–Trinajstić information content (AvgIpc) is 2.44. The molecule has 0 aromatic heterocycles. The van der Waals surface area contributed by atoms with Crippen LogP contribution in [-0.2, 0) is 4.79 Å². The molecule has 1 rings (SSSR count). The van der Waals surface area contributed by atoms with Crippen LogP contribution in [0, 0.1) is 0 Å². The van der Waals surface area contributed by atoms with Crippen LogP contribution in [0.2, 0.25) is 0 Å². The first kappa shape index (κ1) is 18.0. The van der Waals surface area contributed by atoms with E-state index in [2.05, 4.69) is 10.6 Å². The van der Waals surface area contributed by atoms with Gasteiger partial charge in [0.2, 0.25) is 5.91 Å². The molecule has 1 aromatic carbocycles. The van der Waals surface area contributed by atoms with Crippen LogP contribution < -0.4 is 15.4 Å². The normalized spacial score (nSPS) is 13.1. The van der Waals surface area contributed by atoms with E-state index in [1.165, 1.54) is 0 Å². The summed E-state index contributed by atoms with van der Waals surface area (Å²) in [6.07, 6.45) is -0.0182. The van der Waals surface area contributed by atoms with Gasteiger partial charge in [0.15, 0.2) is 0 Å². The SMILES string of the molecule is CCOc1ccccc1C(=O)NCC(=O)N[C@H](C)C[C@H](C)O. The van der Waals surface area contributed by atoms with E-state index < -0.39 is 6.10 Å². The molecule has 0 aliphatic rings. The number of para-hydroxylation sites is 1. The van der Waals surface area contributed by atoms with E-state index in [1.54, 1.807) is 38.1 Å². The minimum atomic E-state index is -0.483. The van der Waals surface area contributed by atoms with Crippen molar-refractivity contribution in [2.75, 3.05) is 13.2 Å². The molecule has 0 heterocycles. The Morgan fingerprint density at radius 3 is 2.59 bits per heavy atom. The van der Waals surface area contributed by atoms with Crippen molar-refractivity contribution in [3.8, 4) is 5.75 Å². The fraction of sp³-hybridized carbons (Fsp3) is 0.500. The molecular weight excluding hydrogens is 284 g/mol. The van der Waals surface area contributed by atoms with Gasteiger partial charge in [-0.2, -0.15) is 0 Å². The molecule has 1 aromatic rings. The number of aliphatic hydroxyl groups is 1. The van der Waals surface area contributed by atoms with E-state index in [4.69, 9.17) is 4.74 Å². The van der Waals surface area contributed by atoms with Crippen LogP contribution in [0.4, 0.5) is 0 Å². The van der Waals surface area contributed by atoms with Crippen LogP contribution in [-0.4, -0.2) is 42.2 Å². The molecule has 0 aliphatic heterocycles. The fourth-order valence-electron chi connectivity index (χ4n) is 2.09. The van der Waals surface area contributed by atoms with Crippen molar-refractivity contribution in [1.29, 1.82) is 0 Å². The number of carbonyl (C=O) groups excluding carboxylic acids is 2. The van der Waals surface area contributed by atoms with Crippen LogP contribution in [0.1, 0.15) is 37.6 Å². The molecular formula is C16H24N2O4. The molecule has 2 amide bonds. The Morgan fingerprint density at radius 2 is 1.95 bits per heavy atom. The van der Waals surface area contributed by atoms with Gasteiger partial charge in [0.25, 0.3) is 5.91 Å². The lowest BCUT2D eigenvalue weighted by molar-refractivity contribution is -0.120. The number of amides is 2. The summed E-state index contributed by atoms with van der Waals surface area (Å²) in [5.41, 5.74) is 0.397. The monoisotopic (exact) mass is 308 g/mol. The summed E-state index contributed by atoms with van der Waals surface area (Å²) in [5, 5.41) is 14.5. The fourth-order valence-corrected chi connectivity index (χ4v) is 2.09. The number of nitrogens with one attached hydrogen (secondary N) is 2. The van der Waals surface area contributed by atoms with Gasteiger partial charge in [-0.1, -0.05) is 12.1 Å². The summed E-state index contributed by atoms with van der Waals surface area (Å²) >= 11 is 0. The third-order valence-electron chi connectivity index (χ3n) is 2.94. The van der Waals surface area contributed by atoms with Crippen molar-refractivity contribution >= 4 is 11.8 Å². The number of aliphatic hydroxyl groups excluding tert-OH is 1. The first-order valence-corrected chi connectivity index (χ1v) is 7.41. The molecule has 0 saturated carbocycles. The van der Waals surface area contributed by atoms with E-state index in [0.29, 0.717) is 24.3 Å². The van der Waals surface area contributed by atoms with Crippen molar-refractivity contribution in [1.82, 2.24) is 10.6 Å². The smallest absolute Gasteiger partial charge is 0.255 e. The van der Waals surface area contributed by atoms with E-state index >= 15 is 0 Å². The van der Waals surface area contributed by atoms with Gasteiger partial charge in [0, 0.05) is 6.04 Å². The molecule has 0 fully saturated rings. The molecule has 0 saturated heterocycles. The number of hydrogen-bond acceptors (Lipinski definition) is 4. The van der Waals surface area contributed by atoms with Crippen molar-refractivity contribution in [2.45, 2.75) is 39.3 Å². The molecule has 0 unspecified atom stereocenters. The number of carbonyl (C=O) groups is 2. The molecule has 122 valence electrons. The standard InChI is InChI=1S/C16H24N2O4/c1-4-22-14-8-6-5-7-13(14)16(21)17-10-15(20)18-11(2)9-12(3)19/h5-8,11-12,19H,4,9-10H2,1-3H3,(H,17,21)(H,18,20)/t11-,12+/m1/s1. The van der Waals surface area contributed by atoms with E-state index in [1.807, 2.05) is 6.92 Å². The Bertz CT molecular complexity index is 503. The Balaban J connectivity index is 2.51. The summed E-state index contributed by atoms with van der Waals surface area (Å²) in [7, 11) is 0. The molecule has 0 aliphatic carbocycles. The Morgan fingerprint density at radius 1 is 1.27 bits per heavy atom. The van der Waals surface area contributed by atoms with E-state index in [0.717, 1.165) is 0 Å². The quantitative estimate of drug-likeness (QED) is 0.671. The predicted molar refractivity (Wildman–Crippen MR) is 83.8 cm³/mol. The summed E-state index contributed by atoms with van der Waals surface area (Å²) in [4.78, 5) is 23.8. The van der Waals surface area contributed by atoms with Crippen LogP contribution in [0.3, 0.4) is 0 Å². The second-order valence-corrected chi connectivity index (χ2v) is 5.17. The Kier molecular flexibility index (Phi) is 7.39. The largest absolute Gasteiger partial charge is 0.493 e. The predicted octanol–water partition coefficient (Wildman–Crippen LogP) is 1.09. The highest BCUT2D eigenvalue weighted by Gasteiger charge is 2.14. The van der Waals surface area contributed by atoms with Crippen molar-refractivity contribution in [3.63, 3.8) is 0 Å². The summed E-state index contributed by atoms with van der Waals surface area (Å²) in [5.74, 6) is -0.164. The lowest BCUT2D eigenvalue weighted by Crippen LogP contribution is -2.41. The molecule has 0 spiro atoms. The van der Waals surface area contributed by atoms with Gasteiger partial charge in [-0.25, -0.2) is 0 Å².